The number of hydrogen-bond acceptors (Lipinski definition) is 3. The number of carbonyl (C=O) groups is 1. The fraction of sp³-hybridized carbons (Fsp3) is 0.417. The molecule has 1 aliphatic heterocycles. The van der Waals surface area contributed by atoms with Crippen molar-refractivity contribution in [3.63, 3.8) is 0 Å². The van der Waals surface area contributed by atoms with Crippen molar-refractivity contribution in [2.75, 3.05) is 11.3 Å². The van der Waals surface area contributed by atoms with E-state index >= 15 is 0 Å². The van der Waals surface area contributed by atoms with E-state index < -0.39 is 28.0 Å². The number of nitrogens with one attached hydrogen (secondary N) is 1. The molecule has 6 nitrogen and oxygen atoms in total. The van der Waals surface area contributed by atoms with Crippen LogP contribution in [0.15, 0.2) is 22.7 Å². The third kappa shape index (κ3) is 3.72. The van der Waals surface area contributed by atoms with E-state index in [1.54, 1.807) is 0 Å². The van der Waals surface area contributed by atoms with E-state index in [4.69, 9.17) is 5.11 Å². The minimum absolute atomic E-state index is 0.0321. The van der Waals surface area contributed by atoms with E-state index in [0.717, 1.165) is 10.4 Å². The van der Waals surface area contributed by atoms with Gasteiger partial charge in [-0.3, -0.25) is 9.52 Å². The van der Waals surface area contributed by atoms with Gasteiger partial charge in [-0.25, -0.2) is 4.39 Å². The second-order valence-electron chi connectivity index (χ2n) is 4.69. The summed E-state index contributed by atoms with van der Waals surface area (Å²) in [6, 6.07) is 2.49. The largest absolute Gasteiger partial charge is 0.480 e. The molecule has 0 bridgehead atoms. The van der Waals surface area contributed by atoms with Crippen molar-refractivity contribution in [3.05, 3.63) is 28.5 Å². The van der Waals surface area contributed by atoms with Crippen LogP contribution in [0.5, 0.6) is 0 Å². The lowest BCUT2D eigenvalue weighted by Crippen LogP contribution is -2.49. The summed E-state index contributed by atoms with van der Waals surface area (Å²) in [4.78, 5) is 11.2. The maximum atomic E-state index is 13.2. The van der Waals surface area contributed by atoms with Crippen LogP contribution in [0.25, 0.3) is 0 Å². The molecule has 1 unspecified atom stereocenters. The third-order valence-corrected chi connectivity index (χ3v) is 5.44. The average molecular weight is 381 g/mol. The van der Waals surface area contributed by atoms with Crippen LogP contribution in [0.4, 0.5) is 10.1 Å². The topological polar surface area (TPSA) is 86.7 Å². The first-order chi connectivity index (χ1) is 9.81. The van der Waals surface area contributed by atoms with Crippen LogP contribution in [-0.4, -0.2) is 36.4 Å². The van der Waals surface area contributed by atoms with Gasteiger partial charge in [0.15, 0.2) is 0 Å². The number of halogens is 2. The zero-order chi connectivity index (χ0) is 15.6. The summed E-state index contributed by atoms with van der Waals surface area (Å²) in [6.07, 6.45) is 1.52. The summed E-state index contributed by atoms with van der Waals surface area (Å²) in [6.45, 7) is 0.124. The SMILES string of the molecule is O=C(O)C1CCCCN1S(=O)(=O)Nc1cc(F)ccc1Br. The van der Waals surface area contributed by atoms with Crippen LogP contribution in [0.1, 0.15) is 19.3 Å². The number of carboxylic acid groups (broad SMARTS) is 1. The summed E-state index contributed by atoms with van der Waals surface area (Å²) in [5, 5.41) is 9.13. The zero-order valence-corrected chi connectivity index (χ0v) is 13.3. The van der Waals surface area contributed by atoms with Gasteiger partial charge in [0.25, 0.3) is 0 Å². The predicted molar refractivity (Wildman–Crippen MR) is 78.6 cm³/mol. The molecule has 0 saturated carbocycles. The van der Waals surface area contributed by atoms with Gasteiger partial charge < -0.3 is 5.11 Å². The van der Waals surface area contributed by atoms with Gasteiger partial charge in [0.1, 0.15) is 11.9 Å². The van der Waals surface area contributed by atoms with Crippen LogP contribution in [0.3, 0.4) is 0 Å². The number of piperidine rings is 1. The van der Waals surface area contributed by atoms with Crippen molar-refractivity contribution in [2.45, 2.75) is 25.3 Å². The van der Waals surface area contributed by atoms with Crippen LogP contribution >= 0.6 is 15.9 Å². The first-order valence-electron chi connectivity index (χ1n) is 6.29. The number of carboxylic acids is 1. The maximum Gasteiger partial charge on any atom is 0.322 e. The normalized spacial score (nSPS) is 20.2. The fourth-order valence-electron chi connectivity index (χ4n) is 2.21. The monoisotopic (exact) mass is 380 g/mol. The lowest BCUT2D eigenvalue weighted by Gasteiger charge is -2.32. The van der Waals surface area contributed by atoms with Crippen molar-refractivity contribution in [1.29, 1.82) is 0 Å². The Balaban J connectivity index is 2.28. The van der Waals surface area contributed by atoms with Crippen LogP contribution in [0, 0.1) is 5.82 Å². The molecule has 2 N–H and O–H groups in total. The number of rotatable bonds is 4. The Morgan fingerprint density at radius 3 is 2.81 bits per heavy atom. The zero-order valence-electron chi connectivity index (χ0n) is 10.9. The predicted octanol–water partition coefficient (Wildman–Crippen LogP) is 2.18. The van der Waals surface area contributed by atoms with E-state index in [2.05, 4.69) is 20.7 Å². The second kappa shape index (κ2) is 6.29. The standard InChI is InChI=1S/C12H14BrFN2O4S/c13-9-5-4-8(14)7-10(9)15-21(19,20)16-6-2-1-3-11(16)12(17)18/h4-5,7,11,15H,1-3,6H2,(H,17,18). The molecule has 9 heteroatoms. The van der Waals surface area contributed by atoms with E-state index in [1.165, 1.54) is 12.1 Å². The average Bonchev–Trinajstić information content (AvgIpc) is 2.42. The van der Waals surface area contributed by atoms with Crippen LogP contribution < -0.4 is 4.72 Å². The smallest absolute Gasteiger partial charge is 0.322 e. The lowest BCUT2D eigenvalue weighted by atomic mass is 10.1. The number of anilines is 1. The Labute approximate surface area is 130 Å². The van der Waals surface area contributed by atoms with Gasteiger partial charge in [-0.1, -0.05) is 0 Å². The molecule has 1 aliphatic rings. The summed E-state index contributed by atoms with van der Waals surface area (Å²) >= 11 is 3.12. The fourth-order valence-corrected chi connectivity index (χ4v) is 4.15. The minimum Gasteiger partial charge on any atom is -0.480 e. The molecule has 0 radical (unpaired) electrons. The van der Waals surface area contributed by atoms with E-state index in [9.17, 15) is 17.6 Å². The molecule has 1 fully saturated rings. The van der Waals surface area contributed by atoms with Gasteiger partial charge in [-0.05, 0) is 53.4 Å². The van der Waals surface area contributed by atoms with Crippen LogP contribution in [0.2, 0.25) is 0 Å². The van der Waals surface area contributed by atoms with Crippen molar-refractivity contribution in [2.24, 2.45) is 0 Å². The molecular weight excluding hydrogens is 367 g/mol. The Hall–Kier alpha value is -1.19. The number of hydrogen-bond donors (Lipinski definition) is 2. The van der Waals surface area contributed by atoms with Gasteiger partial charge in [0, 0.05) is 11.0 Å². The molecule has 116 valence electrons. The first kappa shape index (κ1) is 16.2. The van der Waals surface area contributed by atoms with Gasteiger partial charge in [-0.2, -0.15) is 12.7 Å². The summed E-state index contributed by atoms with van der Waals surface area (Å²) in [7, 11) is -4.06. The molecule has 0 amide bonds. The molecular formula is C12H14BrFN2O4S. The molecule has 0 spiro atoms. The molecule has 1 saturated heterocycles. The van der Waals surface area contributed by atoms with E-state index in [1.807, 2.05) is 0 Å². The quantitative estimate of drug-likeness (QED) is 0.837. The Bertz CT molecular complexity index is 653. The maximum absolute atomic E-state index is 13.2. The number of aliphatic carboxylic acids is 1. The highest BCUT2D eigenvalue weighted by Crippen LogP contribution is 2.27. The Morgan fingerprint density at radius 2 is 2.14 bits per heavy atom. The number of benzene rings is 1. The summed E-state index contributed by atoms with van der Waals surface area (Å²) in [5.41, 5.74) is 0.0321. The Morgan fingerprint density at radius 1 is 1.43 bits per heavy atom. The minimum atomic E-state index is -4.06. The van der Waals surface area contributed by atoms with Crippen molar-refractivity contribution in [1.82, 2.24) is 4.31 Å². The van der Waals surface area contributed by atoms with Crippen molar-refractivity contribution >= 4 is 37.8 Å². The highest BCUT2D eigenvalue weighted by molar-refractivity contribution is 9.10. The van der Waals surface area contributed by atoms with E-state index in [-0.39, 0.29) is 18.7 Å². The number of nitrogens with zero attached hydrogens (tertiary/aromatic N) is 1. The molecule has 2 rings (SSSR count). The van der Waals surface area contributed by atoms with Crippen LogP contribution in [-0.2, 0) is 15.0 Å². The van der Waals surface area contributed by atoms with Gasteiger partial charge in [0.05, 0.1) is 5.69 Å². The van der Waals surface area contributed by atoms with Gasteiger partial charge in [-0.15, -0.1) is 0 Å². The molecule has 1 atom stereocenters. The first-order valence-corrected chi connectivity index (χ1v) is 8.52. The van der Waals surface area contributed by atoms with Gasteiger partial charge in [0.2, 0.25) is 0 Å². The van der Waals surface area contributed by atoms with Crippen molar-refractivity contribution in [3.8, 4) is 0 Å². The molecule has 21 heavy (non-hydrogen) atoms. The second-order valence-corrected chi connectivity index (χ2v) is 7.17. The molecule has 0 aliphatic carbocycles. The summed E-state index contributed by atoms with van der Waals surface area (Å²) in [5.74, 6) is -1.78. The molecule has 1 aromatic rings. The molecule has 1 aromatic carbocycles. The lowest BCUT2D eigenvalue weighted by molar-refractivity contribution is -0.142. The van der Waals surface area contributed by atoms with Crippen molar-refractivity contribution < 1.29 is 22.7 Å². The highest BCUT2D eigenvalue weighted by Gasteiger charge is 2.37. The van der Waals surface area contributed by atoms with Gasteiger partial charge >= 0.3 is 16.2 Å². The third-order valence-electron chi connectivity index (χ3n) is 3.21. The van der Waals surface area contributed by atoms with E-state index in [0.29, 0.717) is 17.3 Å². The Kier molecular flexibility index (Phi) is 4.84. The molecule has 1 heterocycles. The summed E-state index contributed by atoms with van der Waals surface area (Å²) < 4.78 is 41.4. The highest BCUT2D eigenvalue weighted by atomic mass is 79.9. The molecule has 0 aromatic heterocycles.